The molecule has 84 valence electrons. The molecule has 0 bridgehead atoms. The van der Waals surface area contributed by atoms with Crippen LogP contribution in [0.5, 0.6) is 0 Å². The van der Waals surface area contributed by atoms with Gasteiger partial charge in [0, 0.05) is 25.5 Å². The molecule has 0 radical (unpaired) electrons. The van der Waals surface area contributed by atoms with Gasteiger partial charge in [0.1, 0.15) is 0 Å². The molecule has 2 rings (SSSR count). The van der Waals surface area contributed by atoms with Crippen LogP contribution in [0.4, 0.5) is 0 Å². The number of aryl methyl sites for hydroxylation is 2. The molecule has 0 spiro atoms. The summed E-state index contributed by atoms with van der Waals surface area (Å²) in [7, 11) is 1.93. The normalized spacial score (nSPS) is 26.8. The molecule has 15 heavy (non-hydrogen) atoms. The van der Waals surface area contributed by atoms with Crippen molar-refractivity contribution >= 4 is 0 Å². The number of aliphatic hydroxyl groups is 1. The molecule has 1 aliphatic heterocycles. The van der Waals surface area contributed by atoms with Gasteiger partial charge in [-0.15, -0.1) is 0 Å². The van der Waals surface area contributed by atoms with Crippen molar-refractivity contribution in [3.8, 4) is 0 Å². The zero-order valence-electron chi connectivity index (χ0n) is 9.15. The monoisotopic (exact) mass is 210 g/mol. The Balaban J connectivity index is 1.89. The maximum Gasteiger partial charge on any atom is 0.0884 e. The van der Waals surface area contributed by atoms with Gasteiger partial charge in [-0.25, -0.2) is 0 Å². The van der Waals surface area contributed by atoms with Crippen molar-refractivity contribution in [3.05, 3.63) is 18.0 Å². The lowest BCUT2D eigenvalue weighted by molar-refractivity contribution is -0.0895. The zero-order valence-corrected chi connectivity index (χ0v) is 9.15. The van der Waals surface area contributed by atoms with Crippen molar-refractivity contribution in [1.29, 1.82) is 0 Å². The SMILES string of the molecule is Cn1nccc1CCC1(O)CCCOC1. The molecular formula is C11H18N2O2. The lowest BCUT2D eigenvalue weighted by Gasteiger charge is -2.31. The zero-order chi connectivity index (χ0) is 10.7. The van der Waals surface area contributed by atoms with E-state index in [4.69, 9.17) is 4.74 Å². The standard InChI is InChI=1S/C11H18N2O2/c1-13-10(4-7-12-13)3-6-11(14)5-2-8-15-9-11/h4,7,14H,2-3,5-6,8-9H2,1H3. The Morgan fingerprint density at radius 3 is 3.13 bits per heavy atom. The highest BCUT2D eigenvalue weighted by molar-refractivity contribution is 5.01. The van der Waals surface area contributed by atoms with Crippen molar-refractivity contribution in [1.82, 2.24) is 9.78 Å². The third-order valence-electron chi connectivity index (χ3n) is 3.07. The second-order valence-electron chi connectivity index (χ2n) is 4.33. The van der Waals surface area contributed by atoms with Gasteiger partial charge in [0.25, 0.3) is 0 Å². The van der Waals surface area contributed by atoms with Crippen LogP contribution in [0.25, 0.3) is 0 Å². The second-order valence-corrected chi connectivity index (χ2v) is 4.33. The molecule has 2 heterocycles. The highest BCUT2D eigenvalue weighted by Crippen LogP contribution is 2.24. The highest BCUT2D eigenvalue weighted by Gasteiger charge is 2.29. The summed E-state index contributed by atoms with van der Waals surface area (Å²) in [5, 5.41) is 14.3. The molecule has 1 unspecified atom stereocenters. The quantitative estimate of drug-likeness (QED) is 0.806. The van der Waals surface area contributed by atoms with Gasteiger partial charge >= 0.3 is 0 Å². The van der Waals surface area contributed by atoms with E-state index in [-0.39, 0.29) is 0 Å². The average molecular weight is 210 g/mol. The number of rotatable bonds is 3. The first-order valence-electron chi connectivity index (χ1n) is 5.47. The predicted octanol–water partition coefficient (Wildman–Crippen LogP) is 0.894. The van der Waals surface area contributed by atoms with E-state index in [1.165, 1.54) is 0 Å². The lowest BCUT2D eigenvalue weighted by Crippen LogP contribution is -2.39. The van der Waals surface area contributed by atoms with E-state index in [2.05, 4.69) is 5.10 Å². The van der Waals surface area contributed by atoms with Crippen LogP contribution >= 0.6 is 0 Å². The van der Waals surface area contributed by atoms with Crippen LogP contribution < -0.4 is 0 Å². The van der Waals surface area contributed by atoms with Crippen molar-refractivity contribution in [2.24, 2.45) is 7.05 Å². The second kappa shape index (κ2) is 4.33. The van der Waals surface area contributed by atoms with Gasteiger partial charge in [0.15, 0.2) is 0 Å². The maximum atomic E-state index is 10.2. The molecule has 1 atom stereocenters. The van der Waals surface area contributed by atoms with Crippen molar-refractivity contribution in [3.63, 3.8) is 0 Å². The van der Waals surface area contributed by atoms with E-state index >= 15 is 0 Å². The first-order chi connectivity index (χ1) is 7.20. The minimum Gasteiger partial charge on any atom is -0.387 e. The molecule has 0 aromatic carbocycles. The Kier molecular flexibility index (Phi) is 3.07. The van der Waals surface area contributed by atoms with Crippen LogP contribution in [0.2, 0.25) is 0 Å². The van der Waals surface area contributed by atoms with E-state index in [1.54, 1.807) is 6.20 Å². The Morgan fingerprint density at radius 2 is 2.53 bits per heavy atom. The first-order valence-corrected chi connectivity index (χ1v) is 5.47. The van der Waals surface area contributed by atoms with Crippen LogP contribution in [0.3, 0.4) is 0 Å². The van der Waals surface area contributed by atoms with Gasteiger partial charge in [-0.3, -0.25) is 4.68 Å². The first kappa shape index (κ1) is 10.6. The number of nitrogens with zero attached hydrogens (tertiary/aromatic N) is 2. The van der Waals surface area contributed by atoms with E-state index in [0.717, 1.165) is 38.0 Å². The summed E-state index contributed by atoms with van der Waals surface area (Å²) >= 11 is 0. The number of hydrogen-bond donors (Lipinski definition) is 1. The molecule has 0 saturated carbocycles. The minimum atomic E-state index is -0.622. The van der Waals surface area contributed by atoms with Crippen LogP contribution in [0.1, 0.15) is 25.0 Å². The smallest absolute Gasteiger partial charge is 0.0884 e. The lowest BCUT2D eigenvalue weighted by atomic mass is 9.91. The Hall–Kier alpha value is -0.870. The molecular weight excluding hydrogens is 192 g/mol. The molecule has 1 aliphatic rings. The summed E-state index contributed by atoms with van der Waals surface area (Å²) in [6, 6.07) is 1.99. The van der Waals surface area contributed by atoms with Crippen molar-refractivity contribution in [2.75, 3.05) is 13.2 Å². The molecule has 0 amide bonds. The molecule has 1 N–H and O–H groups in total. The van der Waals surface area contributed by atoms with Crippen molar-refractivity contribution in [2.45, 2.75) is 31.3 Å². The number of aromatic nitrogens is 2. The Bertz CT molecular complexity index is 316. The average Bonchev–Trinajstić information content (AvgIpc) is 2.62. The van der Waals surface area contributed by atoms with E-state index in [0.29, 0.717) is 6.61 Å². The molecule has 1 aromatic rings. The van der Waals surface area contributed by atoms with E-state index in [9.17, 15) is 5.11 Å². The molecule has 4 heteroatoms. The van der Waals surface area contributed by atoms with Gasteiger partial charge < -0.3 is 9.84 Å². The number of hydrogen-bond acceptors (Lipinski definition) is 3. The molecule has 1 saturated heterocycles. The van der Waals surface area contributed by atoms with Crippen LogP contribution in [0, 0.1) is 0 Å². The highest BCUT2D eigenvalue weighted by atomic mass is 16.5. The molecule has 1 aromatic heterocycles. The summed E-state index contributed by atoms with van der Waals surface area (Å²) in [6.07, 6.45) is 5.21. The third kappa shape index (κ3) is 2.58. The summed E-state index contributed by atoms with van der Waals surface area (Å²) in [5.74, 6) is 0. The Morgan fingerprint density at radius 1 is 1.67 bits per heavy atom. The van der Waals surface area contributed by atoms with Crippen LogP contribution in [-0.2, 0) is 18.2 Å². The summed E-state index contributed by atoms with van der Waals surface area (Å²) < 4.78 is 7.17. The van der Waals surface area contributed by atoms with Gasteiger partial charge in [0.05, 0.1) is 12.2 Å². The van der Waals surface area contributed by atoms with Gasteiger partial charge in [-0.2, -0.15) is 5.10 Å². The van der Waals surface area contributed by atoms with E-state index in [1.807, 2.05) is 17.8 Å². The summed E-state index contributed by atoms with van der Waals surface area (Å²) in [6.45, 7) is 1.26. The summed E-state index contributed by atoms with van der Waals surface area (Å²) in [5.41, 5.74) is 0.539. The van der Waals surface area contributed by atoms with Gasteiger partial charge in [-0.1, -0.05) is 0 Å². The molecule has 4 nitrogen and oxygen atoms in total. The van der Waals surface area contributed by atoms with Crippen LogP contribution in [-0.4, -0.2) is 33.7 Å². The van der Waals surface area contributed by atoms with E-state index < -0.39 is 5.60 Å². The minimum absolute atomic E-state index is 0.477. The van der Waals surface area contributed by atoms with Gasteiger partial charge in [-0.05, 0) is 31.7 Å². The molecule has 0 aliphatic carbocycles. The maximum absolute atomic E-state index is 10.2. The fourth-order valence-corrected chi connectivity index (χ4v) is 2.04. The predicted molar refractivity (Wildman–Crippen MR) is 56.5 cm³/mol. The topological polar surface area (TPSA) is 47.3 Å². The fourth-order valence-electron chi connectivity index (χ4n) is 2.04. The summed E-state index contributed by atoms with van der Waals surface area (Å²) in [4.78, 5) is 0. The van der Waals surface area contributed by atoms with Crippen molar-refractivity contribution < 1.29 is 9.84 Å². The van der Waals surface area contributed by atoms with Crippen LogP contribution in [0.15, 0.2) is 12.3 Å². The Labute approximate surface area is 89.9 Å². The largest absolute Gasteiger partial charge is 0.387 e. The third-order valence-corrected chi connectivity index (χ3v) is 3.07. The number of ether oxygens (including phenoxy) is 1. The fraction of sp³-hybridized carbons (Fsp3) is 0.727. The molecule has 1 fully saturated rings. The van der Waals surface area contributed by atoms with Gasteiger partial charge in [0.2, 0.25) is 0 Å².